The largest absolute Gasteiger partial charge is 0.493 e. The molecular weight excluding hydrogens is 443 g/mol. The molecule has 1 unspecified atom stereocenters. The third-order valence-corrected chi connectivity index (χ3v) is 6.02. The van der Waals surface area contributed by atoms with E-state index in [1.807, 2.05) is 0 Å². The van der Waals surface area contributed by atoms with Crippen LogP contribution in [0.1, 0.15) is 24.5 Å². The number of nitrogens with one attached hydrogen (secondary N) is 2. The summed E-state index contributed by atoms with van der Waals surface area (Å²) < 4.78 is 18.6. The van der Waals surface area contributed by atoms with Gasteiger partial charge in [0.1, 0.15) is 18.1 Å². The number of likely N-dealkylation sites (N-methyl/N-ethyl adjacent to an activating group) is 1. The second kappa shape index (κ2) is 9.50. The molecule has 2 heterocycles. The number of hydrogen-bond acceptors (Lipinski definition) is 5. The van der Waals surface area contributed by atoms with Crippen molar-refractivity contribution in [3.63, 3.8) is 0 Å². The Morgan fingerprint density at radius 2 is 1.91 bits per heavy atom. The number of amides is 5. The topological polar surface area (TPSA) is 108 Å². The molecule has 4 rings (SSSR count). The van der Waals surface area contributed by atoms with Crippen molar-refractivity contribution in [3.8, 4) is 5.75 Å². The molecule has 0 aromatic heterocycles. The lowest BCUT2D eigenvalue weighted by Gasteiger charge is -2.33. The summed E-state index contributed by atoms with van der Waals surface area (Å²) in [7, 11) is 0. The highest BCUT2D eigenvalue weighted by Gasteiger charge is 2.55. The third-order valence-electron chi connectivity index (χ3n) is 6.02. The summed E-state index contributed by atoms with van der Waals surface area (Å²) in [6, 6.07) is 12.0. The van der Waals surface area contributed by atoms with Crippen molar-refractivity contribution in [2.24, 2.45) is 0 Å². The first-order valence-corrected chi connectivity index (χ1v) is 11.0. The van der Waals surface area contributed by atoms with Crippen LogP contribution in [-0.2, 0) is 26.5 Å². The SMILES string of the molecule is CCN(CC(=O)NCc1ccc(F)cc1)C(=O)CN1C(=O)NC2(CCOc3ccccc32)C1=O. The van der Waals surface area contributed by atoms with E-state index in [0.717, 1.165) is 4.90 Å². The first kappa shape index (κ1) is 23.2. The van der Waals surface area contributed by atoms with Crippen LogP contribution in [-0.4, -0.2) is 59.8 Å². The number of carbonyl (C=O) groups excluding carboxylic acids is 4. The first-order chi connectivity index (χ1) is 16.3. The van der Waals surface area contributed by atoms with Gasteiger partial charge in [-0.25, -0.2) is 9.18 Å². The highest BCUT2D eigenvalue weighted by molar-refractivity contribution is 6.09. The van der Waals surface area contributed by atoms with E-state index in [0.29, 0.717) is 16.9 Å². The number of urea groups is 1. The maximum absolute atomic E-state index is 13.3. The van der Waals surface area contributed by atoms with Gasteiger partial charge in [-0.2, -0.15) is 0 Å². The average Bonchev–Trinajstić information content (AvgIpc) is 3.07. The van der Waals surface area contributed by atoms with Gasteiger partial charge in [0.25, 0.3) is 5.91 Å². The zero-order chi connectivity index (χ0) is 24.3. The van der Waals surface area contributed by atoms with Crippen molar-refractivity contribution in [2.45, 2.75) is 25.4 Å². The minimum Gasteiger partial charge on any atom is -0.493 e. The zero-order valence-electron chi connectivity index (χ0n) is 18.7. The number of hydrogen-bond donors (Lipinski definition) is 2. The van der Waals surface area contributed by atoms with E-state index in [1.54, 1.807) is 43.3 Å². The van der Waals surface area contributed by atoms with Gasteiger partial charge in [-0.05, 0) is 30.7 Å². The molecule has 0 saturated carbocycles. The maximum atomic E-state index is 13.3. The van der Waals surface area contributed by atoms with Gasteiger partial charge in [-0.1, -0.05) is 30.3 Å². The minimum atomic E-state index is -1.27. The van der Waals surface area contributed by atoms with E-state index in [-0.39, 0.29) is 38.5 Å². The average molecular weight is 468 g/mol. The summed E-state index contributed by atoms with van der Waals surface area (Å²) in [5, 5.41) is 5.43. The Morgan fingerprint density at radius 1 is 1.18 bits per heavy atom. The molecule has 2 aromatic rings. The summed E-state index contributed by atoms with van der Waals surface area (Å²) >= 11 is 0. The minimum absolute atomic E-state index is 0.182. The molecule has 5 amide bonds. The van der Waals surface area contributed by atoms with Gasteiger partial charge < -0.3 is 20.3 Å². The Labute approximate surface area is 195 Å². The van der Waals surface area contributed by atoms with Crippen molar-refractivity contribution in [1.82, 2.24) is 20.4 Å². The number of fused-ring (bicyclic) bond motifs is 2. The fraction of sp³-hybridized carbons (Fsp3) is 0.333. The molecule has 0 bridgehead atoms. The van der Waals surface area contributed by atoms with E-state index in [2.05, 4.69) is 10.6 Å². The van der Waals surface area contributed by atoms with Gasteiger partial charge in [0.15, 0.2) is 5.54 Å². The fourth-order valence-corrected chi connectivity index (χ4v) is 4.16. The summed E-state index contributed by atoms with van der Waals surface area (Å²) in [4.78, 5) is 53.4. The van der Waals surface area contributed by atoms with Gasteiger partial charge in [-0.15, -0.1) is 0 Å². The Kier molecular flexibility index (Phi) is 6.49. The summed E-state index contributed by atoms with van der Waals surface area (Å²) in [5.74, 6) is -1.31. The number of nitrogens with zero attached hydrogens (tertiary/aromatic N) is 2. The van der Waals surface area contributed by atoms with E-state index in [9.17, 15) is 23.6 Å². The van der Waals surface area contributed by atoms with Gasteiger partial charge in [0.2, 0.25) is 11.8 Å². The molecule has 1 fully saturated rings. The second-order valence-corrected chi connectivity index (χ2v) is 8.13. The highest BCUT2D eigenvalue weighted by atomic mass is 19.1. The summed E-state index contributed by atoms with van der Waals surface area (Å²) in [5.41, 5.74) is 0.00282. The zero-order valence-corrected chi connectivity index (χ0v) is 18.7. The van der Waals surface area contributed by atoms with Crippen LogP contribution in [0.2, 0.25) is 0 Å². The number of rotatable bonds is 7. The van der Waals surface area contributed by atoms with Gasteiger partial charge >= 0.3 is 6.03 Å². The molecule has 9 nitrogen and oxygen atoms in total. The molecule has 1 atom stereocenters. The van der Waals surface area contributed by atoms with Crippen molar-refractivity contribution in [3.05, 3.63) is 65.5 Å². The lowest BCUT2D eigenvalue weighted by atomic mass is 9.84. The third kappa shape index (κ3) is 4.43. The van der Waals surface area contributed by atoms with E-state index in [4.69, 9.17) is 4.74 Å². The molecular formula is C24H25FN4O5. The summed E-state index contributed by atoms with van der Waals surface area (Å²) in [6.07, 6.45) is 0.253. The fourth-order valence-electron chi connectivity index (χ4n) is 4.16. The number of halogens is 1. The molecule has 2 aromatic carbocycles. The van der Waals surface area contributed by atoms with Gasteiger partial charge in [0.05, 0.1) is 13.2 Å². The second-order valence-electron chi connectivity index (χ2n) is 8.13. The van der Waals surface area contributed by atoms with Gasteiger partial charge in [0, 0.05) is 25.1 Å². The van der Waals surface area contributed by atoms with Crippen LogP contribution in [0.25, 0.3) is 0 Å². The van der Waals surface area contributed by atoms with E-state index in [1.165, 1.54) is 17.0 Å². The van der Waals surface area contributed by atoms with Crippen LogP contribution in [0, 0.1) is 5.82 Å². The lowest BCUT2D eigenvalue weighted by Crippen LogP contribution is -2.49. The van der Waals surface area contributed by atoms with Crippen LogP contribution < -0.4 is 15.4 Å². The molecule has 10 heteroatoms. The van der Waals surface area contributed by atoms with Crippen LogP contribution in [0.5, 0.6) is 5.75 Å². The Balaban J connectivity index is 1.39. The van der Waals surface area contributed by atoms with Crippen LogP contribution in [0.15, 0.2) is 48.5 Å². The molecule has 2 N–H and O–H groups in total. The predicted octanol–water partition coefficient (Wildman–Crippen LogP) is 1.52. The molecule has 178 valence electrons. The molecule has 0 aliphatic carbocycles. The number of carbonyl (C=O) groups is 4. The summed E-state index contributed by atoms with van der Waals surface area (Å²) in [6.45, 7) is 1.64. The molecule has 2 aliphatic rings. The van der Waals surface area contributed by atoms with Crippen molar-refractivity contribution in [1.29, 1.82) is 0 Å². The van der Waals surface area contributed by atoms with Crippen LogP contribution in [0.3, 0.4) is 0 Å². The lowest BCUT2D eigenvalue weighted by molar-refractivity contribution is -0.141. The predicted molar refractivity (Wildman–Crippen MR) is 119 cm³/mol. The number of ether oxygens (including phenoxy) is 1. The molecule has 1 saturated heterocycles. The van der Waals surface area contributed by atoms with E-state index >= 15 is 0 Å². The Hall–Kier alpha value is -3.95. The maximum Gasteiger partial charge on any atom is 0.325 e. The standard InChI is InChI=1S/C24H25FN4O5/c1-2-28(14-20(30)26-13-16-7-9-17(25)10-8-16)21(31)15-29-22(32)24(27-23(29)33)11-12-34-19-6-4-3-5-18(19)24/h3-10H,2,11-15H2,1H3,(H,26,30)(H,27,33). The van der Waals surface area contributed by atoms with Crippen LogP contribution >= 0.6 is 0 Å². The Bertz CT molecular complexity index is 1120. The first-order valence-electron chi connectivity index (χ1n) is 11.0. The molecule has 2 aliphatic heterocycles. The monoisotopic (exact) mass is 468 g/mol. The highest BCUT2D eigenvalue weighted by Crippen LogP contribution is 2.40. The van der Waals surface area contributed by atoms with Crippen molar-refractivity contribution >= 4 is 23.8 Å². The van der Waals surface area contributed by atoms with Gasteiger partial charge in [-0.3, -0.25) is 19.3 Å². The number of para-hydroxylation sites is 1. The number of imide groups is 1. The quantitative estimate of drug-likeness (QED) is 0.599. The normalized spacial score (nSPS) is 18.8. The van der Waals surface area contributed by atoms with Crippen LogP contribution in [0.4, 0.5) is 9.18 Å². The number of benzene rings is 2. The molecule has 1 spiro atoms. The Morgan fingerprint density at radius 3 is 2.65 bits per heavy atom. The van der Waals surface area contributed by atoms with Crippen molar-refractivity contribution < 1.29 is 28.3 Å². The van der Waals surface area contributed by atoms with E-state index < -0.39 is 35.8 Å². The smallest absolute Gasteiger partial charge is 0.325 e. The van der Waals surface area contributed by atoms with Crippen molar-refractivity contribution in [2.75, 3.05) is 26.2 Å². The molecule has 34 heavy (non-hydrogen) atoms. The molecule has 0 radical (unpaired) electrons.